The highest BCUT2D eigenvalue weighted by Crippen LogP contribution is 2.11. The predicted molar refractivity (Wildman–Crippen MR) is 84.7 cm³/mol. The van der Waals surface area contributed by atoms with Gasteiger partial charge >= 0.3 is 6.03 Å². The third-order valence-corrected chi connectivity index (χ3v) is 3.57. The zero-order chi connectivity index (χ0) is 14.9. The number of carbonyl (C=O) groups is 1. The standard InChI is InChI=1S/C16H25N3O2/c1-2-8-17-16(20)18-15-5-3-14(4-6-15)7-9-19-10-12-21-13-11-19/h3-6H,2,7-13H2,1H3,(H2,17,18,20). The van der Waals surface area contributed by atoms with Crippen LogP contribution >= 0.6 is 0 Å². The molecule has 1 aliphatic rings. The molecule has 0 aliphatic carbocycles. The van der Waals surface area contributed by atoms with Gasteiger partial charge in [-0.3, -0.25) is 4.90 Å². The lowest BCUT2D eigenvalue weighted by Gasteiger charge is -2.26. The van der Waals surface area contributed by atoms with Gasteiger partial charge in [0.05, 0.1) is 13.2 Å². The highest BCUT2D eigenvalue weighted by molar-refractivity contribution is 5.89. The topological polar surface area (TPSA) is 53.6 Å². The first-order valence-electron chi connectivity index (χ1n) is 7.72. The van der Waals surface area contributed by atoms with Crippen LogP contribution in [0.2, 0.25) is 0 Å². The first-order valence-corrected chi connectivity index (χ1v) is 7.72. The van der Waals surface area contributed by atoms with Gasteiger partial charge in [-0.15, -0.1) is 0 Å². The molecule has 0 aromatic heterocycles. The molecular weight excluding hydrogens is 266 g/mol. The van der Waals surface area contributed by atoms with Crippen molar-refractivity contribution in [1.82, 2.24) is 10.2 Å². The van der Waals surface area contributed by atoms with Gasteiger partial charge in [-0.2, -0.15) is 0 Å². The van der Waals surface area contributed by atoms with Gasteiger partial charge in [0.15, 0.2) is 0 Å². The van der Waals surface area contributed by atoms with Crippen LogP contribution in [0.3, 0.4) is 0 Å². The Labute approximate surface area is 126 Å². The molecule has 1 fully saturated rings. The van der Waals surface area contributed by atoms with Crippen molar-refractivity contribution < 1.29 is 9.53 Å². The van der Waals surface area contributed by atoms with E-state index < -0.39 is 0 Å². The van der Waals surface area contributed by atoms with E-state index in [4.69, 9.17) is 4.74 Å². The van der Waals surface area contributed by atoms with Crippen LogP contribution in [0, 0.1) is 0 Å². The lowest BCUT2D eigenvalue weighted by molar-refractivity contribution is 0.0384. The highest BCUT2D eigenvalue weighted by Gasteiger charge is 2.09. The molecule has 1 heterocycles. The van der Waals surface area contributed by atoms with Crippen LogP contribution in [-0.4, -0.2) is 50.3 Å². The van der Waals surface area contributed by atoms with E-state index in [9.17, 15) is 4.79 Å². The Morgan fingerprint density at radius 1 is 1.24 bits per heavy atom. The molecule has 0 spiro atoms. The van der Waals surface area contributed by atoms with E-state index in [0.717, 1.165) is 51.4 Å². The molecule has 0 unspecified atom stereocenters. The molecule has 5 heteroatoms. The SMILES string of the molecule is CCCNC(=O)Nc1ccc(CCN2CCOCC2)cc1. The van der Waals surface area contributed by atoms with Crippen molar-refractivity contribution in [2.45, 2.75) is 19.8 Å². The minimum absolute atomic E-state index is 0.141. The fourth-order valence-corrected chi connectivity index (χ4v) is 2.28. The summed E-state index contributed by atoms with van der Waals surface area (Å²) in [4.78, 5) is 14.0. The monoisotopic (exact) mass is 291 g/mol. The number of nitrogens with zero attached hydrogens (tertiary/aromatic N) is 1. The molecule has 21 heavy (non-hydrogen) atoms. The van der Waals surface area contributed by atoms with Gasteiger partial charge in [-0.1, -0.05) is 19.1 Å². The minimum Gasteiger partial charge on any atom is -0.379 e. The molecule has 2 rings (SSSR count). The van der Waals surface area contributed by atoms with Crippen molar-refractivity contribution >= 4 is 11.7 Å². The smallest absolute Gasteiger partial charge is 0.319 e. The molecule has 116 valence electrons. The zero-order valence-corrected chi connectivity index (χ0v) is 12.7. The van der Waals surface area contributed by atoms with Crippen LogP contribution in [0.5, 0.6) is 0 Å². The van der Waals surface area contributed by atoms with Gasteiger partial charge in [-0.05, 0) is 30.5 Å². The first-order chi connectivity index (χ1) is 10.3. The third kappa shape index (κ3) is 5.73. The second kappa shape index (κ2) is 8.64. The van der Waals surface area contributed by atoms with E-state index in [1.807, 2.05) is 19.1 Å². The summed E-state index contributed by atoms with van der Waals surface area (Å²) in [5.41, 5.74) is 2.12. The van der Waals surface area contributed by atoms with Crippen molar-refractivity contribution in [3.8, 4) is 0 Å². The third-order valence-electron chi connectivity index (χ3n) is 3.57. The maximum Gasteiger partial charge on any atom is 0.319 e. The Morgan fingerprint density at radius 3 is 2.62 bits per heavy atom. The number of hydrogen-bond acceptors (Lipinski definition) is 3. The maximum atomic E-state index is 11.5. The second-order valence-corrected chi connectivity index (χ2v) is 5.28. The van der Waals surface area contributed by atoms with Crippen LogP contribution in [0.4, 0.5) is 10.5 Å². The molecule has 2 N–H and O–H groups in total. The van der Waals surface area contributed by atoms with Crippen LogP contribution in [0.1, 0.15) is 18.9 Å². The Kier molecular flexibility index (Phi) is 6.50. The average molecular weight is 291 g/mol. The van der Waals surface area contributed by atoms with Crippen molar-refractivity contribution in [1.29, 1.82) is 0 Å². The molecular formula is C16H25N3O2. The molecule has 0 saturated carbocycles. The number of anilines is 1. The summed E-state index contributed by atoms with van der Waals surface area (Å²) < 4.78 is 5.34. The Morgan fingerprint density at radius 2 is 1.95 bits per heavy atom. The summed E-state index contributed by atoms with van der Waals surface area (Å²) in [6.07, 6.45) is 1.97. The van der Waals surface area contributed by atoms with Crippen LogP contribution in [0.15, 0.2) is 24.3 Å². The molecule has 1 aromatic carbocycles. The number of ether oxygens (including phenoxy) is 1. The Hall–Kier alpha value is -1.59. The van der Waals surface area contributed by atoms with Gasteiger partial charge < -0.3 is 15.4 Å². The first kappa shape index (κ1) is 15.8. The Balaban J connectivity index is 1.74. The van der Waals surface area contributed by atoms with Gasteiger partial charge in [0.25, 0.3) is 0 Å². The lowest BCUT2D eigenvalue weighted by atomic mass is 10.1. The molecule has 5 nitrogen and oxygen atoms in total. The molecule has 2 amide bonds. The summed E-state index contributed by atoms with van der Waals surface area (Å²) in [6.45, 7) is 7.53. The van der Waals surface area contributed by atoms with Crippen molar-refractivity contribution in [2.24, 2.45) is 0 Å². The number of nitrogens with one attached hydrogen (secondary N) is 2. The second-order valence-electron chi connectivity index (χ2n) is 5.28. The quantitative estimate of drug-likeness (QED) is 0.844. The van der Waals surface area contributed by atoms with E-state index in [1.54, 1.807) is 0 Å². The van der Waals surface area contributed by atoms with Gasteiger partial charge in [0, 0.05) is 31.9 Å². The number of carbonyl (C=O) groups excluding carboxylic acids is 1. The van der Waals surface area contributed by atoms with Crippen molar-refractivity contribution in [3.05, 3.63) is 29.8 Å². The summed E-state index contributed by atoms with van der Waals surface area (Å²) >= 11 is 0. The normalized spacial score (nSPS) is 15.7. The summed E-state index contributed by atoms with van der Waals surface area (Å²) in [7, 11) is 0. The molecule has 1 aliphatic heterocycles. The average Bonchev–Trinajstić information content (AvgIpc) is 2.53. The fourth-order valence-electron chi connectivity index (χ4n) is 2.28. The van der Waals surface area contributed by atoms with E-state index in [2.05, 4.69) is 27.7 Å². The van der Waals surface area contributed by atoms with E-state index in [-0.39, 0.29) is 6.03 Å². The van der Waals surface area contributed by atoms with Gasteiger partial charge in [0.1, 0.15) is 0 Å². The largest absolute Gasteiger partial charge is 0.379 e. The fraction of sp³-hybridized carbons (Fsp3) is 0.562. The highest BCUT2D eigenvalue weighted by atomic mass is 16.5. The number of morpholine rings is 1. The number of benzene rings is 1. The van der Waals surface area contributed by atoms with Gasteiger partial charge in [-0.25, -0.2) is 4.79 Å². The van der Waals surface area contributed by atoms with Crippen LogP contribution < -0.4 is 10.6 Å². The van der Waals surface area contributed by atoms with Crippen LogP contribution in [-0.2, 0) is 11.2 Å². The molecule has 0 radical (unpaired) electrons. The number of hydrogen-bond donors (Lipinski definition) is 2. The van der Waals surface area contributed by atoms with Crippen molar-refractivity contribution in [3.63, 3.8) is 0 Å². The summed E-state index contributed by atoms with van der Waals surface area (Å²) in [5.74, 6) is 0. The summed E-state index contributed by atoms with van der Waals surface area (Å²) in [6, 6.07) is 7.93. The van der Waals surface area contributed by atoms with Crippen LogP contribution in [0.25, 0.3) is 0 Å². The predicted octanol–water partition coefficient (Wildman–Crippen LogP) is 2.09. The van der Waals surface area contributed by atoms with Gasteiger partial charge in [0.2, 0.25) is 0 Å². The number of urea groups is 1. The maximum absolute atomic E-state index is 11.5. The van der Waals surface area contributed by atoms with E-state index >= 15 is 0 Å². The minimum atomic E-state index is -0.141. The van der Waals surface area contributed by atoms with Crippen molar-refractivity contribution in [2.75, 3.05) is 44.7 Å². The number of rotatable bonds is 6. The molecule has 0 atom stereocenters. The lowest BCUT2D eigenvalue weighted by Crippen LogP contribution is -2.37. The number of amides is 2. The molecule has 0 bridgehead atoms. The zero-order valence-electron chi connectivity index (χ0n) is 12.7. The Bertz CT molecular complexity index is 428. The molecule has 1 saturated heterocycles. The van der Waals surface area contributed by atoms with E-state index in [0.29, 0.717) is 6.54 Å². The molecule has 1 aromatic rings. The van der Waals surface area contributed by atoms with E-state index in [1.165, 1.54) is 5.56 Å². The summed E-state index contributed by atoms with van der Waals surface area (Å²) in [5, 5.41) is 5.63.